The molecule has 4 aromatic rings. The van der Waals surface area contributed by atoms with Gasteiger partial charge in [-0.1, -0.05) is 111 Å². The molecule has 4 aromatic carbocycles. The molecule has 36 heavy (non-hydrogen) atoms. The van der Waals surface area contributed by atoms with Crippen LogP contribution in [0.3, 0.4) is 0 Å². The first kappa shape index (κ1) is 24.1. The van der Waals surface area contributed by atoms with Crippen LogP contribution in [0.15, 0.2) is 84.9 Å². The van der Waals surface area contributed by atoms with E-state index < -0.39 is 0 Å². The van der Waals surface area contributed by atoms with Crippen LogP contribution in [0.4, 0.5) is 0 Å². The number of hydrogen-bond donors (Lipinski definition) is 0. The number of nitrogens with zero attached hydrogens (tertiary/aromatic N) is 2. The maximum Gasteiger partial charge on any atom is 0.0631 e. The van der Waals surface area contributed by atoms with E-state index in [1.165, 1.54) is 84.0 Å². The summed E-state index contributed by atoms with van der Waals surface area (Å²) in [5, 5.41) is 23.4. The zero-order valence-electron chi connectivity index (χ0n) is 21.0. The fraction of sp³-hybridized carbons (Fsp3) is 0.353. The maximum absolute atomic E-state index is 9.12. The van der Waals surface area contributed by atoms with E-state index in [4.69, 9.17) is 10.5 Å². The van der Waals surface area contributed by atoms with E-state index in [2.05, 4.69) is 97.1 Å². The lowest BCUT2D eigenvalue weighted by atomic mass is 9.76. The third-order valence-electron chi connectivity index (χ3n) is 8.68. The normalized spacial score (nSPS) is 17.7. The lowest BCUT2D eigenvalue weighted by Gasteiger charge is -2.27. The third kappa shape index (κ3) is 4.74. The summed E-state index contributed by atoms with van der Waals surface area (Å²) in [4.78, 5) is 0. The molecule has 2 aliphatic rings. The van der Waals surface area contributed by atoms with Gasteiger partial charge in [-0.2, -0.15) is 10.5 Å². The van der Waals surface area contributed by atoms with Crippen LogP contribution in [0.25, 0.3) is 21.5 Å². The topological polar surface area (TPSA) is 47.6 Å². The molecule has 0 heterocycles. The molecule has 2 aliphatic carbocycles. The molecule has 0 saturated heterocycles. The third-order valence-corrected chi connectivity index (χ3v) is 8.68. The molecule has 0 radical (unpaired) electrons. The van der Waals surface area contributed by atoms with Crippen LogP contribution in [0.5, 0.6) is 0 Å². The Morgan fingerprint density at radius 1 is 0.500 bits per heavy atom. The average Bonchev–Trinajstić information content (AvgIpc) is 3.60. The monoisotopic (exact) mass is 470 g/mol. The van der Waals surface area contributed by atoms with Crippen molar-refractivity contribution in [3.05, 3.63) is 96.1 Å². The van der Waals surface area contributed by atoms with Crippen molar-refractivity contribution in [2.24, 2.45) is 0 Å². The van der Waals surface area contributed by atoms with Crippen LogP contribution < -0.4 is 0 Å². The first-order valence-corrected chi connectivity index (χ1v) is 13.4. The summed E-state index contributed by atoms with van der Waals surface area (Å²) in [5.74, 6) is 0. The Kier molecular flexibility index (Phi) is 7.06. The highest BCUT2D eigenvalue weighted by molar-refractivity contribution is 5.84. The Hall–Kier alpha value is -3.62. The van der Waals surface area contributed by atoms with E-state index in [9.17, 15) is 0 Å². The van der Waals surface area contributed by atoms with Crippen LogP contribution >= 0.6 is 0 Å². The SMILES string of the molecule is N#CCC1(c2ccc3ccccc3c2)CCCC1.N#CCC1(c2ccc3ccccc3c2)CCCC1. The van der Waals surface area contributed by atoms with Gasteiger partial charge in [-0.05, 0) is 58.4 Å². The molecule has 2 nitrogen and oxygen atoms in total. The van der Waals surface area contributed by atoms with Gasteiger partial charge in [0.2, 0.25) is 0 Å². The smallest absolute Gasteiger partial charge is 0.0631 e. The summed E-state index contributed by atoms with van der Waals surface area (Å²) in [6.07, 6.45) is 11.0. The summed E-state index contributed by atoms with van der Waals surface area (Å²) < 4.78 is 0. The molecule has 0 bridgehead atoms. The van der Waals surface area contributed by atoms with Crippen molar-refractivity contribution in [2.45, 2.75) is 75.0 Å². The zero-order valence-corrected chi connectivity index (χ0v) is 21.0. The maximum atomic E-state index is 9.12. The fourth-order valence-corrected chi connectivity index (χ4v) is 6.58. The van der Waals surface area contributed by atoms with Gasteiger partial charge in [0.05, 0.1) is 12.1 Å². The van der Waals surface area contributed by atoms with E-state index >= 15 is 0 Å². The van der Waals surface area contributed by atoms with Crippen LogP contribution in [-0.2, 0) is 10.8 Å². The van der Waals surface area contributed by atoms with Crippen LogP contribution in [0.1, 0.15) is 75.3 Å². The highest BCUT2D eigenvalue weighted by atomic mass is 14.4. The highest BCUT2D eigenvalue weighted by Crippen LogP contribution is 2.45. The Morgan fingerprint density at radius 2 is 0.861 bits per heavy atom. The molecular formula is C34H34N2. The molecule has 0 amide bonds. The van der Waals surface area contributed by atoms with E-state index in [0.717, 1.165) is 0 Å². The second-order valence-electron chi connectivity index (χ2n) is 10.8. The number of rotatable bonds is 4. The average molecular weight is 471 g/mol. The largest absolute Gasteiger partial charge is 0.198 e. The van der Waals surface area contributed by atoms with Gasteiger partial charge >= 0.3 is 0 Å². The lowest BCUT2D eigenvalue weighted by Crippen LogP contribution is -2.21. The van der Waals surface area contributed by atoms with Crippen molar-refractivity contribution in [3.63, 3.8) is 0 Å². The highest BCUT2D eigenvalue weighted by Gasteiger charge is 2.36. The number of fused-ring (bicyclic) bond motifs is 2. The molecule has 0 aromatic heterocycles. The summed E-state index contributed by atoms with van der Waals surface area (Å²) >= 11 is 0. The Bertz CT molecular complexity index is 1310. The van der Waals surface area contributed by atoms with Crippen molar-refractivity contribution < 1.29 is 0 Å². The molecule has 2 saturated carbocycles. The fourth-order valence-electron chi connectivity index (χ4n) is 6.58. The van der Waals surface area contributed by atoms with Gasteiger partial charge in [0.15, 0.2) is 0 Å². The van der Waals surface area contributed by atoms with Crippen LogP contribution in [0.2, 0.25) is 0 Å². The van der Waals surface area contributed by atoms with Crippen molar-refractivity contribution in [1.29, 1.82) is 10.5 Å². The molecule has 180 valence electrons. The molecule has 6 rings (SSSR count). The minimum Gasteiger partial charge on any atom is -0.198 e. The van der Waals surface area contributed by atoms with Crippen molar-refractivity contribution >= 4 is 21.5 Å². The Balaban J connectivity index is 0.000000148. The van der Waals surface area contributed by atoms with E-state index in [0.29, 0.717) is 12.8 Å². The van der Waals surface area contributed by atoms with Gasteiger partial charge in [0.1, 0.15) is 0 Å². The molecular weight excluding hydrogens is 436 g/mol. The number of hydrogen-bond acceptors (Lipinski definition) is 2. The quantitative estimate of drug-likeness (QED) is 0.298. The van der Waals surface area contributed by atoms with Gasteiger partial charge in [-0.15, -0.1) is 0 Å². The molecule has 0 spiro atoms. The molecule has 2 heteroatoms. The predicted molar refractivity (Wildman–Crippen MR) is 149 cm³/mol. The Morgan fingerprint density at radius 3 is 1.22 bits per heavy atom. The standard InChI is InChI=1S/2C17H17N/c2*18-12-11-17(9-3-4-10-17)16-8-7-14-5-1-2-6-15(14)13-16/h2*1-2,5-8,13H,3-4,9-11H2. The zero-order chi connectivity index (χ0) is 24.8. The first-order chi connectivity index (χ1) is 17.7. The van der Waals surface area contributed by atoms with Crippen LogP contribution in [-0.4, -0.2) is 0 Å². The van der Waals surface area contributed by atoms with Crippen molar-refractivity contribution in [1.82, 2.24) is 0 Å². The Labute approximate surface area is 215 Å². The van der Waals surface area contributed by atoms with Gasteiger partial charge in [-0.3, -0.25) is 0 Å². The molecule has 0 unspecified atom stereocenters. The molecule has 2 fully saturated rings. The van der Waals surface area contributed by atoms with Gasteiger partial charge in [0, 0.05) is 23.7 Å². The van der Waals surface area contributed by atoms with E-state index in [-0.39, 0.29) is 10.8 Å². The number of nitriles is 2. The minimum absolute atomic E-state index is 0.124. The first-order valence-electron chi connectivity index (χ1n) is 13.4. The summed E-state index contributed by atoms with van der Waals surface area (Å²) in [7, 11) is 0. The van der Waals surface area contributed by atoms with E-state index in [1.54, 1.807) is 0 Å². The summed E-state index contributed by atoms with van der Waals surface area (Å²) in [6, 6.07) is 35.1. The van der Waals surface area contributed by atoms with Gasteiger partial charge < -0.3 is 0 Å². The van der Waals surface area contributed by atoms with Crippen LogP contribution in [0, 0.1) is 22.7 Å². The van der Waals surface area contributed by atoms with Gasteiger partial charge in [-0.25, -0.2) is 0 Å². The van der Waals surface area contributed by atoms with Crippen molar-refractivity contribution in [2.75, 3.05) is 0 Å². The molecule has 0 aliphatic heterocycles. The second-order valence-corrected chi connectivity index (χ2v) is 10.8. The summed E-state index contributed by atoms with van der Waals surface area (Å²) in [6.45, 7) is 0. The van der Waals surface area contributed by atoms with Crippen molar-refractivity contribution in [3.8, 4) is 12.1 Å². The second kappa shape index (κ2) is 10.6. The van der Waals surface area contributed by atoms with E-state index in [1.807, 2.05) is 0 Å². The minimum atomic E-state index is 0.124. The molecule has 0 N–H and O–H groups in total. The summed E-state index contributed by atoms with van der Waals surface area (Å²) in [5.41, 5.74) is 2.97. The molecule has 0 atom stereocenters. The predicted octanol–water partition coefficient (Wildman–Crippen LogP) is 9.13. The lowest BCUT2D eigenvalue weighted by molar-refractivity contribution is 0.452. The number of benzene rings is 4. The van der Waals surface area contributed by atoms with Gasteiger partial charge in [0.25, 0.3) is 0 Å².